The third-order valence-electron chi connectivity index (χ3n) is 5.58. The van der Waals surface area contributed by atoms with Crippen LogP contribution in [0.5, 0.6) is 11.5 Å². The van der Waals surface area contributed by atoms with E-state index in [2.05, 4.69) is 36.7 Å². The van der Waals surface area contributed by atoms with Gasteiger partial charge >= 0.3 is 6.18 Å². The molecule has 0 aliphatic rings. The zero-order valence-corrected chi connectivity index (χ0v) is 25.7. The molecule has 9 heteroatoms. The Bertz CT molecular complexity index is 1140. The van der Waals surface area contributed by atoms with E-state index in [1.54, 1.807) is 67.8 Å². The molecular weight excluding hydrogens is 543 g/mol. The highest BCUT2D eigenvalue weighted by Crippen LogP contribution is 2.33. The van der Waals surface area contributed by atoms with Crippen LogP contribution < -0.4 is 25.4 Å². The standard InChI is InChI=1S/C27H30F3N3O3.C4H10.C2H6/c1-35-21-13-14-22(24(18-21)36-2)31-15-16-32-26(34)23(17-19-9-5-3-6-10-19)33-25(27(28,29)30)20-11-7-4-8-12-20;1-4(2)3;1-2/h3-14,18,23,25,31,33H,15-17H2,1-2H3,(H,32,34);4H,1-3H3;1-2H3. The predicted molar refractivity (Wildman–Crippen MR) is 165 cm³/mol. The summed E-state index contributed by atoms with van der Waals surface area (Å²) in [5, 5.41) is 8.46. The largest absolute Gasteiger partial charge is 0.497 e. The molecule has 0 radical (unpaired) electrons. The van der Waals surface area contributed by atoms with Crippen LogP contribution in [0.15, 0.2) is 78.9 Å². The first-order valence-electron chi connectivity index (χ1n) is 14.2. The molecule has 0 spiro atoms. The van der Waals surface area contributed by atoms with Crippen molar-refractivity contribution < 1.29 is 27.4 Å². The number of carbonyl (C=O) groups is 1. The normalized spacial score (nSPS) is 12.1. The highest BCUT2D eigenvalue weighted by atomic mass is 19.4. The topological polar surface area (TPSA) is 71.6 Å². The van der Waals surface area contributed by atoms with Crippen molar-refractivity contribution in [1.82, 2.24) is 10.6 Å². The molecule has 0 aromatic heterocycles. The zero-order valence-electron chi connectivity index (χ0n) is 25.7. The lowest BCUT2D eigenvalue weighted by Crippen LogP contribution is -2.50. The molecule has 0 saturated heterocycles. The van der Waals surface area contributed by atoms with Crippen molar-refractivity contribution in [3.8, 4) is 11.5 Å². The lowest BCUT2D eigenvalue weighted by Gasteiger charge is -2.27. The van der Waals surface area contributed by atoms with Gasteiger partial charge in [-0.2, -0.15) is 13.2 Å². The van der Waals surface area contributed by atoms with Gasteiger partial charge in [0.2, 0.25) is 5.91 Å². The average molecular weight is 590 g/mol. The van der Waals surface area contributed by atoms with Gasteiger partial charge in [0.25, 0.3) is 0 Å². The van der Waals surface area contributed by atoms with Crippen LogP contribution in [-0.2, 0) is 11.2 Å². The number of methoxy groups -OCH3 is 2. The Hall–Kier alpha value is -3.72. The van der Waals surface area contributed by atoms with Crippen LogP contribution in [0.2, 0.25) is 0 Å². The summed E-state index contributed by atoms with van der Waals surface area (Å²) in [4.78, 5) is 13.0. The van der Waals surface area contributed by atoms with Gasteiger partial charge in [0, 0.05) is 19.2 Å². The van der Waals surface area contributed by atoms with E-state index in [1.807, 2.05) is 19.9 Å². The number of alkyl halides is 3. The Morgan fingerprint density at radius 1 is 0.833 bits per heavy atom. The van der Waals surface area contributed by atoms with E-state index < -0.39 is 24.2 Å². The van der Waals surface area contributed by atoms with Crippen molar-refractivity contribution in [2.45, 2.75) is 59.3 Å². The van der Waals surface area contributed by atoms with Crippen LogP contribution in [0.25, 0.3) is 0 Å². The molecule has 3 aromatic rings. The molecule has 0 aliphatic carbocycles. The van der Waals surface area contributed by atoms with Gasteiger partial charge in [-0.3, -0.25) is 10.1 Å². The fourth-order valence-electron chi connectivity index (χ4n) is 3.75. The summed E-state index contributed by atoms with van der Waals surface area (Å²) in [6.07, 6.45) is -4.48. The van der Waals surface area contributed by atoms with Crippen LogP contribution in [-0.4, -0.2) is 45.4 Å². The molecule has 42 heavy (non-hydrogen) atoms. The second-order valence-corrected chi connectivity index (χ2v) is 9.81. The quantitative estimate of drug-likeness (QED) is 0.192. The van der Waals surface area contributed by atoms with Crippen molar-refractivity contribution >= 4 is 11.6 Å². The number of benzene rings is 3. The highest BCUT2D eigenvalue weighted by molar-refractivity contribution is 5.82. The molecular formula is C33H46F3N3O3. The summed E-state index contributed by atoms with van der Waals surface area (Å²) in [5.74, 6) is 1.52. The number of halogens is 3. The number of carbonyl (C=O) groups excluding carboxylic acids is 1. The van der Waals surface area contributed by atoms with E-state index in [1.165, 1.54) is 19.2 Å². The summed E-state index contributed by atoms with van der Waals surface area (Å²) >= 11 is 0. The third kappa shape index (κ3) is 13.3. The first-order chi connectivity index (χ1) is 20.0. The van der Waals surface area contributed by atoms with Gasteiger partial charge in [0.05, 0.1) is 25.9 Å². The number of anilines is 1. The van der Waals surface area contributed by atoms with Crippen molar-refractivity contribution in [3.05, 3.63) is 90.0 Å². The molecule has 6 nitrogen and oxygen atoms in total. The molecule has 3 aromatic carbocycles. The van der Waals surface area contributed by atoms with Crippen molar-refractivity contribution in [2.75, 3.05) is 32.6 Å². The van der Waals surface area contributed by atoms with E-state index in [-0.39, 0.29) is 18.5 Å². The predicted octanol–water partition coefficient (Wildman–Crippen LogP) is 7.42. The highest BCUT2D eigenvalue weighted by Gasteiger charge is 2.42. The Labute approximate surface area is 249 Å². The molecule has 0 fully saturated rings. The number of rotatable bonds is 12. The summed E-state index contributed by atoms with van der Waals surface area (Å²) < 4.78 is 52.4. The van der Waals surface area contributed by atoms with E-state index >= 15 is 0 Å². The van der Waals surface area contributed by atoms with Crippen LogP contribution in [0.1, 0.15) is 51.8 Å². The minimum absolute atomic E-state index is 0.0455. The Kier molecular flexibility index (Phi) is 16.8. The molecule has 0 saturated carbocycles. The molecule has 0 heterocycles. The number of nitrogens with one attached hydrogen (secondary N) is 3. The van der Waals surface area contributed by atoms with Gasteiger partial charge in [-0.25, -0.2) is 0 Å². The van der Waals surface area contributed by atoms with Gasteiger partial charge in [-0.1, -0.05) is 95.3 Å². The van der Waals surface area contributed by atoms with Gasteiger partial charge in [-0.15, -0.1) is 0 Å². The number of hydrogen-bond donors (Lipinski definition) is 3. The monoisotopic (exact) mass is 589 g/mol. The van der Waals surface area contributed by atoms with Crippen LogP contribution in [0, 0.1) is 5.92 Å². The molecule has 0 aliphatic heterocycles. The third-order valence-corrected chi connectivity index (χ3v) is 5.58. The number of ether oxygens (including phenoxy) is 2. The average Bonchev–Trinajstić information content (AvgIpc) is 2.98. The molecule has 2 unspecified atom stereocenters. The summed E-state index contributed by atoms with van der Waals surface area (Å²) in [6.45, 7) is 11.0. The molecule has 2 atom stereocenters. The summed E-state index contributed by atoms with van der Waals surface area (Å²) in [5.41, 5.74) is 1.50. The van der Waals surface area contributed by atoms with Crippen molar-refractivity contribution in [3.63, 3.8) is 0 Å². The minimum Gasteiger partial charge on any atom is -0.497 e. The SMILES string of the molecule is CC.CC(C)C.COc1ccc(NCCNC(=O)C(Cc2ccccc2)NC(c2ccccc2)C(F)(F)F)c(OC)c1. The van der Waals surface area contributed by atoms with Gasteiger partial charge in [0.15, 0.2) is 0 Å². The van der Waals surface area contributed by atoms with E-state index in [4.69, 9.17) is 9.47 Å². The van der Waals surface area contributed by atoms with Crippen molar-refractivity contribution in [1.29, 1.82) is 0 Å². The van der Waals surface area contributed by atoms with E-state index in [0.717, 1.165) is 11.5 Å². The fraction of sp³-hybridized carbons (Fsp3) is 0.424. The maximum absolute atomic E-state index is 14.0. The second kappa shape index (κ2) is 19.4. The van der Waals surface area contributed by atoms with E-state index in [9.17, 15) is 18.0 Å². The zero-order chi connectivity index (χ0) is 31.5. The van der Waals surface area contributed by atoms with Crippen LogP contribution in [0.3, 0.4) is 0 Å². The van der Waals surface area contributed by atoms with Crippen LogP contribution >= 0.6 is 0 Å². The van der Waals surface area contributed by atoms with Gasteiger partial charge in [-0.05, 0) is 35.6 Å². The Morgan fingerprint density at radius 3 is 1.93 bits per heavy atom. The van der Waals surface area contributed by atoms with Gasteiger partial charge < -0.3 is 20.1 Å². The summed E-state index contributed by atoms with van der Waals surface area (Å²) in [6, 6.07) is 18.7. The second-order valence-electron chi connectivity index (χ2n) is 9.81. The lowest BCUT2D eigenvalue weighted by molar-refractivity contribution is -0.160. The fourth-order valence-corrected chi connectivity index (χ4v) is 3.75. The maximum Gasteiger partial charge on any atom is 0.407 e. The van der Waals surface area contributed by atoms with E-state index in [0.29, 0.717) is 23.7 Å². The summed E-state index contributed by atoms with van der Waals surface area (Å²) in [7, 11) is 3.09. The van der Waals surface area contributed by atoms with Gasteiger partial charge in [0.1, 0.15) is 17.5 Å². The molecule has 232 valence electrons. The first-order valence-corrected chi connectivity index (χ1v) is 14.2. The van der Waals surface area contributed by atoms with Crippen LogP contribution in [0.4, 0.5) is 18.9 Å². The molecule has 0 bridgehead atoms. The molecule has 3 rings (SSSR count). The number of amides is 1. The smallest absolute Gasteiger partial charge is 0.407 e. The minimum atomic E-state index is -4.58. The first kappa shape index (κ1) is 36.3. The van der Waals surface area contributed by atoms with Crippen molar-refractivity contribution in [2.24, 2.45) is 5.92 Å². The Balaban J connectivity index is 0.00000135. The Morgan fingerprint density at radius 2 is 1.40 bits per heavy atom. The number of hydrogen-bond acceptors (Lipinski definition) is 5. The lowest BCUT2D eigenvalue weighted by atomic mass is 10.0. The maximum atomic E-state index is 14.0. The molecule has 1 amide bonds. The molecule has 3 N–H and O–H groups in total.